The van der Waals surface area contributed by atoms with Crippen molar-refractivity contribution in [2.24, 2.45) is 0 Å². The molecule has 0 radical (unpaired) electrons. The molecule has 0 aliphatic heterocycles. The molecule has 1 rings (SSSR count). The lowest BCUT2D eigenvalue weighted by atomic mass is 10.3. The number of nitro benzene ring substituents is 1. The van der Waals surface area contributed by atoms with Gasteiger partial charge in [-0.15, -0.1) is 0 Å². The lowest BCUT2D eigenvalue weighted by Gasteiger charge is -2.10. The number of benzene rings is 1. The molecule has 0 aromatic heterocycles. The van der Waals surface area contributed by atoms with E-state index in [2.05, 4.69) is 10.0 Å². The normalized spacial score (nSPS) is 12.9. The van der Waals surface area contributed by atoms with Gasteiger partial charge in [-0.25, -0.2) is 13.1 Å². The monoisotopic (exact) mass is 333 g/mol. The second kappa shape index (κ2) is 7.62. The summed E-state index contributed by atoms with van der Waals surface area (Å²) in [5.74, 6) is 0. The van der Waals surface area contributed by atoms with Gasteiger partial charge >= 0.3 is 0 Å². The second-order valence-corrected chi connectivity index (χ2v) is 7.43. The van der Waals surface area contributed by atoms with Crippen LogP contribution in [0.5, 0.6) is 0 Å². The van der Waals surface area contributed by atoms with Crippen molar-refractivity contribution >= 4 is 33.2 Å². The van der Waals surface area contributed by atoms with Crippen LogP contribution in [0.15, 0.2) is 23.1 Å². The zero-order valence-electron chi connectivity index (χ0n) is 12.1. The largest absolute Gasteiger partial charge is 0.388 e. The molecule has 0 aliphatic carbocycles. The molecule has 0 aliphatic rings. The maximum absolute atomic E-state index is 12.2. The zero-order chi connectivity index (χ0) is 16.0. The zero-order valence-corrected chi connectivity index (χ0v) is 13.8. The van der Waals surface area contributed by atoms with Crippen molar-refractivity contribution in [1.82, 2.24) is 4.72 Å². The Labute approximate surface area is 128 Å². The SMILES string of the molecule is CNc1ccc(S(=O)(=O)NCCC(C)SC)c([N+](=O)[O-])c1. The highest BCUT2D eigenvalue weighted by Gasteiger charge is 2.25. The van der Waals surface area contributed by atoms with Crippen LogP contribution in [0.3, 0.4) is 0 Å². The first-order valence-electron chi connectivity index (χ1n) is 6.30. The van der Waals surface area contributed by atoms with E-state index in [0.29, 0.717) is 17.4 Å². The summed E-state index contributed by atoms with van der Waals surface area (Å²) in [6.45, 7) is 2.23. The van der Waals surface area contributed by atoms with Gasteiger partial charge in [0.25, 0.3) is 5.69 Å². The summed E-state index contributed by atoms with van der Waals surface area (Å²) in [7, 11) is -2.29. The molecular formula is C12H19N3O4S2. The lowest BCUT2D eigenvalue weighted by Crippen LogP contribution is -2.27. The standard InChI is InChI=1S/C12H19N3O4S2/c1-9(20-3)6-7-14-21(18,19)12-5-4-10(13-2)8-11(12)15(16)17/h4-5,8-9,13-14H,6-7H2,1-3H3. The van der Waals surface area contributed by atoms with Gasteiger partial charge in [0.15, 0.2) is 4.90 Å². The van der Waals surface area contributed by atoms with Gasteiger partial charge in [0.2, 0.25) is 10.0 Å². The predicted molar refractivity (Wildman–Crippen MR) is 85.4 cm³/mol. The van der Waals surface area contributed by atoms with Gasteiger partial charge in [-0.2, -0.15) is 11.8 Å². The molecule has 21 heavy (non-hydrogen) atoms. The van der Waals surface area contributed by atoms with E-state index in [-0.39, 0.29) is 11.4 Å². The maximum Gasteiger partial charge on any atom is 0.291 e. The van der Waals surface area contributed by atoms with Gasteiger partial charge in [0.1, 0.15) is 0 Å². The van der Waals surface area contributed by atoms with Crippen molar-refractivity contribution in [2.45, 2.75) is 23.5 Å². The molecule has 0 bridgehead atoms. The van der Waals surface area contributed by atoms with E-state index in [4.69, 9.17) is 0 Å². The Hall–Kier alpha value is -1.32. The van der Waals surface area contributed by atoms with E-state index in [1.807, 2.05) is 13.2 Å². The highest BCUT2D eigenvalue weighted by molar-refractivity contribution is 7.99. The number of rotatable bonds is 8. The van der Waals surface area contributed by atoms with Crippen molar-refractivity contribution < 1.29 is 13.3 Å². The number of sulfonamides is 1. The van der Waals surface area contributed by atoms with Crippen LogP contribution in [0.25, 0.3) is 0 Å². The molecule has 0 saturated carbocycles. The Morgan fingerprint density at radius 1 is 1.43 bits per heavy atom. The minimum atomic E-state index is -3.89. The molecule has 0 amide bonds. The maximum atomic E-state index is 12.2. The van der Waals surface area contributed by atoms with Crippen LogP contribution in [0.2, 0.25) is 0 Å². The Bertz CT molecular complexity index is 605. The van der Waals surface area contributed by atoms with Gasteiger partial charge in [-0.3, -0.25) is 10.1 Å². The highest BCUT2D eigenvalue weighted by atomic mass is 32.2. The summed E-state index contributed by atoms with van der Waals surface area (Å²) in [6.07, 6.45) is 2.60. The predicted octanol–water partition coefficient (Wildman–Crippen LogP) is 2.06. The van der Waals surface area contributed by atoms with Crippen LogP contribution in [-0.4, -0.2) is 38.4 Å². The molecule has 1 aromatic rings. The summed E-state index contributed by atoms with van der Waals surface area (Å²) in [4.78, 5) is 10.0. The molecule has 118 valence electrons. The Balaban J connectivity index is 2.99. The minimum Gasteiger partial charge on any atom is -0.388 e. The van der Waals surface area contributed by atoms with E-state index in [1.165, 1.54) is 18.2 Å². The molecule has 0 spiro atoms. The quantitative estimate of drug-likeness (QED) is 0.558. The van der Waals surface area contributed by atoms with Crippen molar-refractivity contribution in [3.05, 3.63) is 28.3 Å². The third kappa shape index (κ3) is 4.87. The average molecular weight is 333 g/mol. The Kier molecular flexibility index (Phi) is 6.43. The van der Waals surface area contributed by atoms with Crippen molar-refractivity contribution in [3.63, 3.8) is 0 Å². The summed E-state index contributed by atoms with van der Waals surface area (Å²) >= 11 is 1.63. The van der Waals surface area contributed by atoms with Crippen molar-refractivity contribution in [1.29, 1.82) is 0 Å². The van der Waals surface area contributed by atoms with Crippen LogP contribution in [0, 0.1) is 10.1 Å². The minimum absolute atomic E-state index is 0.245. The molecule has 1 aromatic carbocycles. The molecule has 0 heterocycles. The van der Waals surface area contributed by atoms with E-state index in [9.17, 15) is 18.5 Å². The Morgan fingerprint density at radius 2 is 2.10 bits per heavy atom. The molecule has 9 heteroatoms. The smallest absolute Gasteiger partial charge is 0.291 e. The van der Waals surface area contributed by atoms with E-state index in [0.717, 1.165) is 0 Å². The number of hydrogen-bond acceptors (Lipinski definition) is 6. The fraction of sp³-hybridized carbons (Fsp3) is 0.500. The number of hydrogen-bond donors (Lipinski definition) is 2. The first kappa shape index (κ1) is 17.7. The first-order chi connectivity index (χ1) is 9.81. The third-order valence-electron chi connectivity index (χ3n) is 2.98. The average Bonchev–Trinajstić information content (AvgIpc) is 2.45. The van der Waals surface area contributed by atoms with Crippen LogP contribution >= 0.6 is 11.8 Å². The molecule has 1 unspecified atom stereocenters. The number of anilines is 1. The van der Waals surface area contributed by atoms with Gasteiger partial charge in [0, 0.05) is 30.6 Å². The fourth-order valence-corrected chi connectivity index (χ4v) is 3.19. The topological polar surface area (TPSA) is 101 Å². The summed E-state index contributed by atoms with van der Waals surface area (Å²) in [5.41, 5.74) is 0.0453. The lowest BCUT2D eigenvalue weighted by molar-refractivity contribution is -0.387. The molecule has 7 nitrogen and oxygen atoms in total. The van der Waals surface area contributed by atoms with Crippen LogP contribution in [-0.2, 0) is 10.0 Å². The summed E-state index contributed by atoms with van der Waals surface area (Å²) in [5, 5.41) is 14.1. The molecule has 2 N–H and O–H groups in total. The fourth-order valence-electron chi connectivity index (χ4n) is 1.63. The number of nitrogens with one attached hydrogen (secondary N) is 2. The summed E-state index contributed by atoms with van der Waals surface area (Å²) < 4.78 is 26.8. The van der Waals surface area contributed by atoms with Gasteiger partial charge in [0.05, 0.1) is 4.92 Å². The second-order valence-electron chi connectivity index (χ2n) is 4.42. The van der Waals surface area contributed by atoms with Crippen LogP contribution in [0.4, 0.5) is 11.4 Å². The summed E-state index contributed by atoms with van der Waals surface area (Å²) in [6, 6.07) is 3.94. The van der Waals surface area contributed by atoms with Gasteiger partial charge in [-0.05, 0) is 24.8 Å². The van der Waals surface area contributed by atoms with E-state index >= 15 is 0 Å². The van der Waals surface area contributed by atoms with E-state index < -0.39 is 20.6 Å². The molecule has 0 fully saturated rings. The van der Waals surface area contributed by atoms with Crippen LogP contribution < -0.4 is 10.0 Å². The molecule has 1 atom stereocenters. The Morgan fingerprint density at radius 3 is 2.62 bits per heavy atom. The van der Waals surface area contributed by atoms with Gasteiger partial charge < -0.3 is 5.32 Å². The molecular weight excluding hydrogens is 314 g/mol. The third-order valence-corrected chi connectivity index (χ3v) is 5.53. The number of nitro groups is 1. The highest BCUT2D eigenvalue weighted by Crippen LogP contribution is 2.27. The van der Waals surface area contributed by atoms with Crippen LogP contribution in [0.1, 0.15) is 13.3 Å². The number of nitrogens with zero attached hydrogens (tertiary/aromatic N) is 1. The number of thioether (sulfide) groups is 1. The van der Waals surface area contributed by atoms with Crippen molar-refractivity contribution in [3.8, 4) is 0 Å². The van der Waals surface area contributed by atoms with Gasteiger partial charge in [-0.1, -0.05) is 6.92 Å². The van der Waals surface area contributed by atoms with Crippen molar-refractivity contribution in [2.75, 3.05) is 25.2 Å². The van der Waals surface area contributed by atoms with E-state index in [1.54, 1.807) is 18.8 Å². The first-order valence-corrected chi connectivity index (χ1v) is 9.07. The molecule has 0 saturated heterocycles.